The summed E-state index contributed by atoms with van der Waals surface area (Å²) in [5.41, 5.74) is 4.72. The van der Waals surface area contributed by atoms with Crippen LogP contribution in [0.1, 0.15) is 70.5 Å². The number of thiophene rings is 1. The molecule has 12 rings (SSSR count). The van der Waals surface area contributed by atoms with E-state index < -0.39 is 44.5 Å². The van der Waals surface area contributed by atoms with Crippen LogP contribution in [-0.2, 0) is 40.6 Å². The molecule has 9 aromatic rings. The minimum Gasteiger partial charge on any atom is -0.462 e. The van der Waals surface area contributed by atoms with Gasteiger partial charge in [-0.3, -0.25) is 33.5 Å². The van der Waals surface area contributed by atoms with Crippen molar-refractivity contribution in [2.24, 2.45) is 21.1 Å². The van der Waals surface area contributed by atoms with E-state index in [9.17, 15) is 51.2 Å². The Balaban J connectivity index is 0.000000155. The normalized spacial score (nSPS) is 14.2. The molecule has 95 heavy (non-hydrogen) atoms. The Bertz CT molecular complexity index is 4710. The maximum atomic E-state index is 13.2. The van der Waals surface area contributed by atoms with Crippen molar-refractivity contribution in [1.82, 2.24) is 28.4 Å². The van der Waals surface area contributed by atoms with Crippen LogP contribution >= 0.6 is 22.9 Å². The maximum Gasteiger partial charge on any atom is 0.345 e. The molecule has 0 saturated carbocycles. The number of benzene rings is 5. The number of ether oxygens (including phenoxy) is 2. The number of nitrogens with zero attached hydrogens (tertiary/aromatic N) is 9. The molecule has 5 aromatic carbocycles. The SMILES string of the molecule is CCOC(=O)c1c(N2CCN(C(=O)c3ccc(Cl)cc3)CC2)c2ccccc2n(C)c1=O.CCOC(=O)c1c(N2CCN(C(=O)c3ccc(F)cc3)CC2)c2cc(C)ccc2n(C)c1=O.Cn1c(=O)c(NS(C)(=O)=O)c(N2CCN(C(=O)c3cccs3)CC2)c2ccccc21. The molecule has 3 saturated heterocycles. The molecule has 0 bridgehead atoms. The third kappa shape index (κ3) is 14.6. The van der Waals surface area contributed by atoms with Gasteiger partial charge in [0.1, 0.15) is 22.6 Å². The van der Waals surface area contributed by atoms with Gasteiger partial charge in [0.2, 0.25) is 10.0 Å². The second kappa shape index (κ2) is 29.2. The van der Waals surface area contributed by atoms with Crippen LogP contribution in [0.5, 0.6) is 0 Å². The Labute approximate surface area is 556 Å². The van der Waals surface area contributed by atoms with Gasteiger partial charge >= 0.3 is 11.9 Å². The number of sulfonamides is 1. The Morgan fingerprint density at radius 3 is 1.38 bits per heavy atom. The van der Waals surface area contributed by atoms with E-state index in [0.717, 1.165) is 39.0 Å². The van der Waals surface area contributed by atoms with Crippen molar-refractivity contribution in [3.05, 3.63) is 207 Å². The number of halogens is 2. The van der Waals surface area contributed by atoms with E-state index in [-0.39, 0.29) is 47.7 Å². The number of anilines is 4. The van der Waals surface area contributed by atoms with Gasteiger partial charge < -0.3 is 52.6 Å². The topological polar surface area (TPSA) is 235 Å². The molecular formula is C69H72ClFN10O12S2. The highest BCUT2D eigenvalue weighted by molar-refractivity contribution is 7.92. The second-order valence-electron chi connectivity index (χ2n) is 23.0. The van der Waals surface area contributed by atoms with Gasteiger partial charge in [-0.2, -0.15) is 0 Å². The number of piperazine rings is 3. The first-order chi connectivity index (χ1) is 45.5. The minimum absolute atomic E-state index is 0.00651. The summed E-state index contributed by atoms with van der Waals surface area (Å²) in [6.07, 6.45) is 1.03. The summed E-state index contributed by atoms with van der Waals surface area (Å²) in [5.74, 6) is -1.93. The molecule has 3 aliphatic heterocycles. The molecule has 0 radical (unpaired) electrons. The number of aryl methyl sites for hydroxylation is 4. The van der Waals surface area contributed by atoms with Gasteiger partial charge in [-0.15, -0.1) is 11.3 Å². The molecule has 0 aliphatic carbocycles. The predicted octanol–water partition coefficient (Wildman–Crippen LogP) is 8.39. The van der Waals surface area contributed by atoms with Crippen molar-refractivity contribution in [2.45, 2.75) is 20.8 Å². The van der Waals surface area contributed by atoms with E-state index in [1.807, 2.05) is 106 Å². The lowest BCUT2D eigenvalue weighted by Gasteiger charge is -2.37. The van der Waals surface area contributed by atoms with Crippen molar-refractivity contribution in [1.29, 1.82) is 0 Å². The van der Waals surface area contributed by atoms with Gasteiger partial charge in [-0.05, 0) is 105 Å². The molecular weight excluding hydrogens is 1280 g/mol. The molecule has 22 nitrogen and oxygen atoms in total. The van der Waals surface area contributed by atoms with E-state index in [2.05, 4.69) is 4.72 Å². The molecule has 0 atom stereocenters. The fourth-order valence-corrected chi connectivity index (χ4v) is 13.5. The quantitative estimate of drug-likeness (QED) is 0.113. The van der Waals surface area contributed by atoms with Gasteiger partial charge in [-0.1, -0.05) is 65.7 Å². The first-order valence-electron chi connectivity index (χ1n) is 30.9. The minimum atomic E-state index is -3.65. The average Bonchev–Trinajstić information content (AvgIpc) is 1.04. The third-order valence-electron chi connectivity index (χ3n) is 16.9. The van der Waals surface area contributed by atoms with Gasteiger partial charge in [0.25, 0.3) is 34.4 Å². The number of amides is 3. The van der Waals surface area contributed by atoms with E-state index in [1.165, 1.54) is 49.3 Å². The number of hydrogen-bond acceptors (Lipinski definition) is 16. The van der Waals surface area contributed by atoms with Crippen LogP contribution < -0.4 is 36.1 Å². The Kier molecular flexibility index (Phi) is 20.9. The number of carbonyl (C=O) groups is 5. The highest BCUT2D eigenvalue weighted by Crippen LogP contribution is 2.36. The number of hydrogen-bond donors (Lipinski definition) is 1. The number of rotatable bonds is 12. The van der Waals surface area contributed by atoms with Crippen molar-refractivity contribution >= 4 is 118 Å². The van der Waals surface area contributed by atoms with Crippen molar-refractivity contribution in [3.8, 4) is 0 Å². The Morgan fingerprint density at radius 1 is 0.516 bits per heavy atom. The lowest BCUT2D eigenvalue weighted by atomic mass is 10.0. The van der Waals surface area contributed by atoms with Crippen molar-refractivity contribution < 1.29 is 46.3 Å². The van der Waals surface area contributed by atoms with Gasteiger partial charge in [0.15, 0.2) is 0 Å². The van der Waals surface area contributed by atoms with Crippen LogP contribution in [0.2, 0.25) is 5.02 Å². The molecule has 7 heterocycles. The molecule has 3 aliphatic rings. The first kappa shape index (κ1) is 68.0. The monoisotopic (exact) mass is 1350 g/mol. The summed E-state index contributed by atoms with van der Waals surface area (Å²) in [5, 5.41) is 4.83. The van der Waals surface area contributed by atoms with Gasteiger partial charge in [0, 0.05) is 132 Å². The van der Waals surface area contributed by atoms with E-state index in [0.29, 0.717) is 122 Å². The number of para-hydroxylation sites is 2. The summed E-state index contributed by atoms with van der Waals surface area (Å²) in [6, 6.07) is 36.6. The Morgan fingerprint density at radius 2 is 0.926 bits per heavy atom. The summed E-state index contributed by atoms with van der Waals surface area (Å²) >= 11 is 7.34. The molecule has 0 unspecified atom stereocenters. The zero-order valence-electron chi connectivity index (χ0n) is 53.6. The Hall–Kier alpha value is -9.85. The zero-order chi connectivity index (χ0) is 68.0. The lowest BCUT2D eigenvalue weighted by molar-refractivity contribution is 0.0514. The summed E-state index contributed by atoms with van der Waals surface area (Å²) in [4.78, 5) is 115. The molecule has 26 heteroatoms. The van der Waals surface area contributed by atoms with Gasteiger partial charge in [-0.25, -0.2) is 22.4 Å². The summed E-state index contributed by atoms with van der Waals surface area (Å²) in [7, 11) is 1.27. The number of nitrogens with one attached hydrogen (secondary N) is 1. The van der Waals surface area contributed by atoms with Crippen LogP contribution in [0.25, 0.3) is 32.7 Å². The number of pyridine rings is 3. The van der Waals surface area contributed by atoms with Crippen LogP contribution in [0.15, 0.2) is 147 Å². The van der Waals surface area contributed by atoms with Crippen LogP contribution in [0, 0.1) is 12.7 Å². The number of aromatic nitrogens is 3. The van der Waals surface area contributed by atoms with E-state index >= 15 is 0 Å². The molecule has 0 spiro atoms. The standard InChI is InChI=1S/C25H26FN3O4.C24H24ClN3O4.C20H22N4O4S2/c1-4-33-25(32)21-22(19-15-16(2)5-10-20(19)27(3)24(21)31)28-11-13-29(14-12-28)23(30)17-6-8-18(26)9-7-17;1-3-32-24(31)20-21(18-6-4-5-7-19(18)26(2)23(20)30)27-12-14-28(15-13-27)22(29)16-8-10-17(25)11-9-16;1-22-15-7-4-3-6-14(15)18(17(20(22)26)21-30(2,27)28)23-9-11-24(12-10-23)19(25)16-8-5-13-29-16/h5-10,15H,4,11-14H2,1-3H3;4-11H,3,12-15H2,1-2H3;3-8,13,21H,9-12H2,1-2H3. The van der Waals surface area contributed by atoms with E-state index in [1.54, 1.807) is 74.0 Å². The first-order valence-corrected chi connectivity index (χ1v) is 34.0. The van der Waals surface area contributed by atoms with Crippen LogP contribution in [0.4, 0.5) is 27.1 Å². The third-order valence-corrected chi connectivity index (χ3v) is 18.6. The fraction of sp³-hybridized carbons (Fsp3) is 0.304. The molecule has 1 N–H and O–H groups in total. The van der Waals surface area contributed by atoms with E-state index in [4.69, 9.17) is 21.1 Å². The highest BCUT2D eigenvalue weighted by atomic mass is 35.5. The summed E-state index contributed by atoms with van der Waals surface area (Å²) < 4.78 is 54.4. The number of carbonyl (C=O) groups excluding carboxylic acids is 5. The molecule has 3 amide bonds. The largest absolute Gasteiger partial charge is 0.462 e. The fourth-order valence-electron chi connectivity index (χ4n) is 12.1. The lowest BCUT2D eigenvalue weighted by Crippen LogP contribution is -2.49. The number of esters is 2. The van der Waals surface area contributed by atoms with Crippen LogP contribution in [-0.4, -0.2) is 164 Å². The van der Waals surface area contributed by atoms with Crippen LogP contribution in [0.3, 0.4) is 0 Å². The van der Waals surface area contributed by atoms with Crippen molar-refractivity contribution in [2.75, 3.05) is 117 Å². The summed E-state index contributed by atoms with van der Waals surface area (Å²) in [6.45, 7) is 11.3. The highest BCUT2D eigenvalue weighted by Gasteiger charge is 2.33. The molecule has 4 aromatic heterocycles. The molecule has 496 valence electrons. The number of fused-ring (bicyclic) bond motifs is 3. The molecule has 3 fully saturated rings. The maximum absolute atomic E-state index is 13.2. The van der Waals surface area contributed by atoms with Crippen molar-refractivity contribution in [3.63, 3.8) is 0 Å². The smallest absolute Gasteiger partial charge is 0.345 e. The zero-order valence-corrected chi connectivity index (χ0v) is 56.0. The van der Waals surface area contributed by atoms with Gasteiger partial charge in [0.05, 0.1) is 58.0 Å². The predicted molar refractivity (Wildman–Crippen MR) is 369 cm³/mol. The second-order valence-corrected chi connectivity index (χ2v) is 26.1. The average molecular weight is 1350 g/mol.